The summed E-state index contributed by atoms with van der Waals surface area (Å²) in [4.78, 5) is 24.9. The molecule has 1 fully saturated rings. The summed E-state index contributed by atoms with van der Waals surface area (Å²) in [5.41, 5.74) is -0.0773. The predicted octanol–water partition coefficient (Wildman–Crippen LogP) is 4.23. The van der Waals surface area contributed by atoms with Crippen LogP contribution in [0, 0.1) is 24.7 Å². The lowest BCUT2D eigenvalue weighted by Gasteiger charge is -2.46. The van der Waals surface area contributed by atoms with Crippen molar-refractivity contribution in [3.8, 4) is 0 Å². The number of carbonyl (C=O) groups excluding carboxylic acids is 2. The Labute approximate surface area is 166 Å². The molecule has 6 heteroatoms. The molecule has 2 N–H and O–H groups in total. The summed E-state index contributed by atoms with van der Waals surface area (Å²) in [6, 6.07) is 6.97. The number of amides is 2. The summed E-state index contributed by atoms with van der Waals surface area (Å²) in [7, 11) is 0. The van der Waals surface area contributed by atoms with Gasteiger partial charge in [-0.05, 0) is 68.2 Å². The molecule has 2 atom stereocenters. The van der Waals surface area contributed by atoms with Crippen molar-refractivity contribution < 1.29 is 18.4 Å². The molecule has 1 aliphatic rings. The fraction of sp³-hybridized carbons (Fsp3) is 0.545. The Balaban J connectivity index is 1.64. The number of nitrogens with one attached hydrogen (secondary N) is 2. The average Bonchev–Trinajstić information content (AvgIpc) is 3.19. The van der Waals surface area contributed by atoms with Crippen molar-refractivity contribution in [3.63, 3.8) is 0 Å². The number of furan rings is 2. The maximum absolute atomic E-state index is 12.5. The highest BCUT2D eigenvalue weighted by Crippen LogP contribution is 2.45. The zero-order chi connectivity index (χ0) is 20.5. The summed E-state index contributed by atoms with van der Waals surface area (Å²) in [5.74, 6) is 1.71. The molecule has 1 saturated carbocycles. The summed E-state index contributed by atoms with van der Waals surface area (Å²) < 4.78 is 10.8. The van der Waals surface area contributed by atoms with Crippen LogP contribution >= 0.6 is 0 Å². The molecule has 152 valence electrons. The van der Waals surface area contributed by atoms with E-state index < -0.39 is 0 Å². The van der Waals surface area contributed by atoms with Crippen molar-refractivity contribution in [2.75, 3.05) is 6.54 Å². The third kappa shape index (κ3) is 4.86. The molecule has 0 aromatic carbocycles. The molecule has 0 aliphatic heterocycles. The van der Waals surface area contributed by atoms with Crippen LogP contribution in [0.25, 0.3) is 0 Å². The number of hydrogen-bond acceptors (Lipinski definition) is 4. The van der Waals surface area contributed by atoms with Gasteiger partial charge in [0.2, 0.25) is 0 Å². The third-order valence-corrected chi connectivity index (χ3v) is 5.38. The first kappa shape index (κ1) is 20.2. The second-order valence-electron chi connectivity index (χ2n) is 9.23. The Morgan fingerprint density at radius 1 is 0.964 bits per heavy atom. The van der Waals surface area contributed by atoms with Gasteiger partial charge >= 0.3 is 0 Å². The van der Waals surface area contributed by atoms with E-state index in [1.807, 2.05) is 13.8 Å². The van der Waals surface area contributed by atoms with E-state index in [2.05, 4.69) is 31.4 Å². The van der Waals surface area contributed by atoms with Gasteiger partial charge in [-0.15, -0.1) is 0 Å². The van der Waals surface area contributed by atoms with E-state index in [4.69, 9.17) is 8.83 Å². The molecule has 2 amide bonds. The molecule has 2 aromatic rings. The van der Waals surface area contributed by atoms with Crippen molar-refractivity contribution >= 4 is 11.8 Å². The zero-order valence-electron chi connectivity index (χ0n) is 17.3. The van der Waals surface area contributed by atoms with Crippen molar-refractivity contribution in [3.05, 3.63) is 47.3 Å². The first-order chi connectivity index (χ1) is 13.1. The molecular weight excluding hydrogens is 356 g/mol. The highest BCUT2D eigenvalue weighted by Gasteiger charge is 2.42. The predicted molar refractivity (Wildman–Crippen MR) is 106 cm³/mol. The Bertz CT molecular complexity index is 864. The first-order valence-electron chi connectivity index (χ1n) is 9.77. The number of rotatable bonds is 5. The molecule has 0 radical (unpaired) electrons. The van der Waals surface area contributed by atoms with Crippen LogP contribution < -0.4 is 10.6 Å². The molecule has 0 bridgehead atoms. The molecule has 28 heavy (non-hydrogen) atoms. The van der Waals surface area contributed by atoms with Gasteiger partial charge in [-0.2, -0.15) is 0 Å². The van der Waals surface area contributed by atoms with Gasteiger partial charge in [-0.1, -0.05) is 20.8 Å². The Kier molecular flexibility index (Phi) is 5.41. The van der Waals surface area contributed by atoms with Crippen molar-refractivity contribution in [1.29, 1.82) is 0 Å². The van der Waals surface area contributed by atoms with E-state index in [1.54, 1.807) is 24.3 Å². The largest absolute Gasteiger partial charge is 0.456 e. The van der Waals surface area contributed by atoms with Gasteiger partial charge in [0.15, 0.2) is 11.5 Å². The number of carbonyl (C=O) groups is 2. The first-order valence-corrected chi connectivity index (χ1v) is 9.77. The maximum atomic E-state index is 12.5. The lowest BCUT2D eigenvalue weighted by atomic mass is 9.62. The number of hydrogen-bond donors (Lipinski definition) is 2. The summed E-state index contributed by atoms with van der Waals surface area (Å²) in [6.07, 6.45) is 2.64. The van der Waals surface area contributed by atoms with Crippen molar-refractivity contribution in [1.82, 2.24) is 10.6 Å². The van der Waals surface area contributed by atoms with Crippen LogP contribution in [-0.4, -0.2) is 24.4 Å². The van der Waals surface area contributed by atoms with Crippen LogP contribution in [0.4, 0.5) is 0 Å². The molecule has 0 saturated heterocycles. The quantitative estimate of drug-likeness (QED) is 0.805. The smallest absolute Gasteiger partial charge is 0.287 e. The van der Waals surface area contributed by atoms with Gasteiger partial charge in [0, 0.05) is 12.6 Å². The van der Waals surface area contributed by atoms with E-state index >= 15 is 0 Å². The van der Waals surface area contributed by atoms with Crippen LogP contribution in [-0.2, 0) is 0 Å². The van der Waals surface area contributed by atoms with Crippen LogP contribution in [0.2, 0.25) is 0 Å². The van der Waals surface area contributed by atoms with Gasteiger partial charge in [0.1, 0.15) is 11.5 Å². The maximum Gasteiger partial charge on any atom is 0.287 e. The van der Waals surface area contributed by atoms with Crippen LogP contribution in [0.1, 0.15) is 72.7 Å². The summed E-state index contributed by atoms with van der Waals surface area (Å²) in [6.45, 7) is 10.7. The highest BCUT2D eigenvalue weighted by molar-refractivity contribution is 5.92. The molecule has 6 nitrogen and oxygen atoms in total. The summed E-state index contributed by atoms with van der Waals surface area (Å²) in [5, 5.41) is 6.12. The molecule has 0 spiro atoms. The van der Waals surface area contributed by atoms with Crippen LogP contribution in [0.15, 0.2) is 33.1 Å². The van der Waals surface area contributed by atoms with Crippen molar-refractivity contribution in [2.24, 2.45) is 10.8 Å². The molecule has 2 heterocycles. The third-order valence-electron chi connectivity index (χ3n) is 5.38. The zero-order valence-corrected chi connectivity index (χ0v) is 17.3. The molecule has 1 aliphatic carbocycles. The monoisotopic (exact) mass is 386 g/mol. The molecule has 3 rings (SSSR count). The SMILES string of the molecule is Cc1ccc(C(=O)NC[C@]2(C)C[C@@H](NC(=O)c3ccc(C)o3)CC(C)(C)C2)o1. The topological polar surface area (TPSA) is 84.5 Å². The lowest BCUT2D eigenvalue weighted by molar-refractivity contribution is 0.0576. The van der Waals surface area contributed by atoms with E-state index in [-0.39, 0.29) is 28.7 Å². The minimum absolute atomic E-state index is 0.0226. The van der Waals surface area contributed by atoms with Crippen molar-refractivity contribution in [2.45, 2.75) is 59.9 Å². The lowest BCUT2D eigenvalue weighted by Crippen LogP contribution is -2.50. The van der Waals surface area contributed by atoms with Gasteiger partial charge in [0.05, 0.1) is 0 Å². The number of aryl methyl sites for hydroxylation is 2. The highest BCUT2D eigenvalue weighted by atomic mass is 16.4. The molecule has 2 aromatic heterocycles. The van der Waals surface area contributed by atoms with Crippen LogP contribution in [0.3, 0.4) is 0 Å². The fourth-order valence-corrected chi connectivity index (χ4v) is 4.62. The van der Waals surface area contributed by atoms with Gasteiger partial charge in [0.25, 0.3) is 11.8 Å². The standard InChI is InChI=1S/C22H30N2O4/c1-14-6-8-17(27-14)19(25)23-13-22(5)11-16(10-21(3,4)12-22)24-20(26)18-9-7-15(2)28-18/h6-9,16H,10-13H2,1-5H3,(H,23,25)(H,24,26)/t16-,22+/m0/s1. The van der Waals surface area contributed by atoms with Gasteiger partial charge < -0.3 is 19.5 Å². The Hall–Kier alpha value is -2.50. The Morgan fingerprint density at radius 2 is 1.54 bits per heavy atom. The minimum atomic E-state index is -0.204. The minimum Gasteiger partial charge on any atom is -0.456 e. The fourth-order valence-electron chi connectivity index (χ4n) is 4.62. The van der Waals surface area contributed by atoms with E-state index in [0.29, 0.717) is 23.8 Å². The van der Waals surface area contributed by atoms with E-state index in [0.717, 1.165) is 25.0 Å². The van der Waals surface area contributed by atoms with E-state index in [1.165, 1.54) is 0 Å². The van der Waals surface area contributed by atoms with Gasteiger partial charge in [-0.25, -0.2) is 0 Å². The van der Waals surface area contributed by atoms with Gasteiger partial charge in [-0.3, -0.25) is 9.59 Å². The summed E-state index contributed by atoms with van der Waals surface area (Å²) >= 11 is 0. The van der Waals surface area contributed by atoms with Crippen LogP contribution in [0.5, 0.6) is 0 Å². The van der Waals surface area contributed by atoms with E-state index in [9.17, 15) is 9.59 Å². The normalized spacial score (nSPS) is 24.0. The Morgan fingerprint density at radius 3 is 2.07 bits per heavy atom. The second-order valence-corrected chi connectivity index (χ2v) is 9.23. The molecule has 0 unspecified atom stereocenters. The average molecular weight is 386 g/mol. The molecular formula is C22H30N2O4. The second kappa shape index (κ2) is 7.49.